The standard InChI is InChI=1S/C18H35N/c1-5-15-7-10-16(11-8-15)18(19-4)17-9-6-13(2)14(3)12-17/h13-19H,5-12H2,1-4H3. The molecule has 0 radical (unpaired) electrons. The molecule has 1 heteroatoms. The first-order chi connectivity index (χ1) is 9.15. The van der Waals surface area contributed by atoms with Crippen LogP contribution >= 0.6 is 0 Å². The van der Waals surface area contributed by atoms with Crippen LogP contribution in [0.1, 0.15) is 72.1 Å². The lowest BCUT2D eigenvalue weighted by atomic mass is 9.67. The van der Waals surface area contributed by atoms with Gasteiger partial charge >= 0.3 is 0 Å². The molecular weight excluding hydrogens is 230 g/mol. The third-order valence-corrected chi connectivity index (χ3v) is 6.46. The summed E-state index contributed by atoms with van der Waals surface area (Å²) in [6.45, 7) is 7.28. The molecule has 2 saturated carbocycles. The van der Waals surface area contributed by atoms with Gasteiger partial charge in [0.2, 0.25) is 0 Å². The van der Waals surface area contributed by atoms with Crippen LogP contribution in [0.4, 0.5) is 0 Å². The maximum atomic E-state index is 3.71. The summed E-state index contributed by atoms with van der Waals surface area (Å²) >= 11 is 0. The van der Waals surface area contributed by atoms with E-state index in [9.17, 15) is 0 Å². The Morgan fingerprint density at radius 3 is 2.05 bits per heavy atom. The van der Waals surface area contributed by atoms with Crippen LogP contribution in [0.5, 0.6) is 0 Å². The fourth-order valence-electron chi connectivity index (χ4n) is 4.73. The average Bonchev–Trinajstić information content (AvgIpc) is 2.44. The normalized spacial score (nSPS) is 42.0. The lowest BCUT2D eigenvalue weighted by Crippen LogP contribution is -2.44. The van der Waals surface area contributed by atoms with Gasteiger partial charge in [-0.2, -0.15) is 0 Å². The van der Waals surface area contributed by atoms with Gasteiger partial charge in [0.15, 0.2) is 0 Å². The van der Waals surface area contributed by atoms with Crippen molar-refractivity contribution in [2.45, 2.75) is 78.2 Å². The van der Waals surface area contributed by atoms with Crippen molar-refractivity contribution in [1.29, 1.82) is 0 Å². The second-order valence-electron chi connectivity index (χ2n) is 7.53. The average molecular weight is 265 g/mol. The highest BCUT2D eigenvalue weighted by atomic mass is 14.9. The first-order valence-corrected chi connectivity index (χ1v) is 8.82. The minimum absolute atomic E-state index is 0.799. The van der Waals surface area contributed by atoms with Gasteiger partial charge in [0, 0.05) is 6.04 Å². The molecule has 2 fully saturated rings. The van der Waals surface area contributed by atoms with Crippen LogP contribution in [-0.4, -0.2) is 13.1 Å². The van der Waals surface area contributed by atoms with E-state index in [-0.39, 0.29) is 0 Å². The van der Waals surface area contributed by atoms with E-state index in [0.717, 1.165) is 35.6 Å². The highest BCUT2D eigenvalue weighted by Gasteiger charge is 2.35. The van der Waals surface area contributed by atoms with E-state index in [1.165, 1.54) is 51.4 Å². The summed E-state index contributed by atoms with van der Waals surface area (Å²) in [6, 6.07) is 0.799. The molecule has 2 aliphatic rings. The fraction of sp³-hybridized carbons (Fsp3) is 1.00. The predicted molar refractivity (Wildman–Crippen MR) is 84.3 cm³/mol. The van der Waals surface area contributed by atoms with Crippen LogP contribution in [0.15, 0.2) is 0 Å². The Balaban J connectivity index is 1.89. The van der Waals surface area contributed by atoms with E-state index in [0.29, 0.717) is 0 Å². The lowest BCUT2D eigenvalue weighted by molar-refractivity contribution is 0.118. The summed E-state index contributed by atoms with van der Waals surface area (Å²) in [7, 11) is 2.21. The van der Waals surface area contributed by atoms with E-state index in [1.807, 2.05) is 0 Å². The Kier molecular flexibility index (Phi) is 5.74. The zero-order chi connectivity index (χ0) is 13.8. The molecule has 0 aromatic heterocycles. The molecule has 112 valence electrons. The molecular formula is C18H35N. The summed E-state index contributed by atoms with van der Waals surface area (Å²) in [5, 5.41) is 3.71. The van der Waals surface area contributed by atoms with Crippen LogP contribution < -0.4 is 5.32 Å². The van der Waals surface area contributed by atoms with Gasteiger partial charge in [-0.25, -0.2) is 0 Å². The molecule has 19 heavy (non-hydrogen) atoms. The van der Waals surface area contributed by atoms with Crippen LogP contribution in [0.2, 0.25) is 0 Å². The van der Waals surface area contributed by atoms with E-state index >= 15 is 0 Å². The molecule has 0 saturated heterocycles. The smallest absolute Gasteiger partial charge is 0.0121 e. The Hall–Kier alpha value is -0.0400. The van der Waals surface area contributed by atoms with Gasteiger partial charge < -0.3 is 5.32 Å². The summed E-state index contributed by atoms with van der Waals surface area (Å²) in [6.07, 6.45) is 11.7. The second kappa shape index (κ2) is 7.11. The molecule has 0 aromatic carbocycles. The SMILES string of the molecule is CCC1CCC(C(NC)C2CCC(C)C(C)C2)CC1. The van der Waals surface area contributed by atoms with Gasteiger partial charge in [-0.3, -0.25) is 0 Å². The molecule has 2 aliphatic carbocycles. The molecule has 0 aromatic rings. The molecule has 1 nitrogen and oxygen atoms in total. The molecule has 0 aliphatic heterocycles. The maximum Gasteiger partial charge on any atom is 0.0121 e. The largest absolute Gasteiger partial charge is 0.316 e. The van der Waals surface area contributed by atoms with Crippen molar-refractivity contribution in [3.63, 3.8) is 0 Å². The molecule has 4 atom stereocenters. The zero-order valence-corrected chi connectivity index (χ0v) is 13.6. The van der Waals surface area contributed by atoms with Gasteiger partial charge in [0.25, 0.3) is 0 Å². The number of hydrogen-bond donors (Lipinski definition) is 1. The van der Waals surface area contributed by atoms with Gasteiger partial charge in [0.05, 0.1) is 0 Å². The topological polar surface area (TPSA) is 12.0 Å². The van der Waals surface area contributed by atoms with Crippen LogP contribution in [0.3, 0.4) is 0 Å². The Bertz CT molecular complexity index is 254. The molecule has 2 rings (SSSR count). The summed E-state index contributed by atoms with van der Waals surface area (Å²) in [5.41, 5.74) is 0. The Morgan fingerprint density at radius 2 is 1.53 bits per heavy atom. The third kappa shape index (κ3) is 3.74. The van der Waals surface area contributed by atoms with Gasteiger partial charge in [-0.05, 0) is 62.3 Å². The summed E-state index contributed by atoms with van der Waals surface area (Å²) in [5.74, 6) is 4.81. The van der Waals surface area contributed by atoms with E-state index in [4.69, 9.17) is 0 Å². The first kappa shape index (κ1) is 15.4. The molecule has 1 N–H and O–H groups in total. The van der Waals surface area contributed by atoms with Gasteiger partial charge in [0.1, 0.15) is 0 Å². The number of hydrogen-bond acceptors (Lipinski definition) is 1. The quantitative estimate of drug-likeness (QED) is 0.765. The van der Waals surface area contributed by atoms with Crippen LogP contribution in [0.25, 0.3) is 0 Å². The maximum absolute atomic E-state index is 3.71. The van der Waals surface area contributed by atoms with Crippen molar-refractivity contribution in [2.75, 3.05) is 7.05 Å². The van der Waals surface area contributed by atoms with Gasteiger partial charge in [-0.15, -0.1) is 0 Å². The summed E-state index contributed by atoms with van der Waals surface area (Å²) in [4.78, 5) is 0. The van der Waals surface area contributed by atoms with E-state index < -0.39 is 0 Å². The zero-order valence-electron chi connectivity index (χ0n) is 13.6. The Labute approximate surface area is 120 Å². The monoisotopic (exact) mass is 265 g/mol. The highest BCUT2D eigenvalue weighted by molar-refractivity contribution is 4.89. The van der Waals surface area contributed by atoms with Crippen molar-refractivity contribution in [2.24, 2.45) is 29.6 Å². The van der Waals surface area contributed by atoms with Crippen molar-refractivity contribution in [3.8, 4) is 0 Å². The van der Waals surface area contributed by atoms with E-state index in [1.54, 1.807) is 0 Å². The molecule has 0 spiro atoms. The van der Waals surface area contributed by atoms with Crippen LogP contribution in [0, 0.1) is 29.6 Å². The number of rotatable bonds is 4. The minimum atomic E-state index is 0.799. The van der Waals surface area contributed by atoms with Crippen molar-refractivity contribution in [1.82, 2.24) is 5.32 Å². The molecule has 0 bridgehead atoms. The third-order valence-electron chi connectivity index (χ3n) is 6.46. The van der Waals surface area contributed by atoms with Gasteiger partial charge in [-0.1, -0.05) is 46.5 Å². The van der Waals surface area contributed by atoms with Crippen molar-refractivity contribution >= 4 is 0 Å². The van der Waals surface area contributed by atoms with Crippen LogP contribution in [-0.2, 0) is 0 Å². The molecule has 0 amide bonds. The molecule has 0 heterocycles. The Morgan fingerprint density at radius 1 is 0.895 bits per heavy atom. The second-order valence-corrected chi connectivity index (χ2v) is 7.53. The first-order valence-electron chi connectivity index (χ1n) is 8.82. The van der Waals surface area contributed by atoms with Crippen molar-refractivity contribution in [3.05, 3.63) is 0 Å². The highest BCUT2D eigenvalue weighted by Crippen LogP contribution is 2.40. The van der Waals surface area contributed by atoms with Crippen molar-refractivity contribution < 1.29 is 0 Å². The summed E-state index contributed by atoms with van der Waals surface area (Å²) < 4.78 is 0. The lowest BCUT2D eigenvalue weighted by Gasteiger charge is -2.42. The number of nitrogens with one attached hydrogen (secondary N) is 1. The molecule has 4 unspecified atom stereocenters. The predicted octanol–water partition coefficient (Wildman–Crippen LogP) is 4.86. The van der Waals surface area contributed by atoms with E-state index in [2.05, 4.69) is 33.1 Å². The minimum Gasteiger partial charge on any atom is -0.316 e. The fourth-order valence-corrected chi connectivity index (χ4v) is 4.73.